The summed E-state index contributed by atoms with van der Waals surface area (Å²) >= 11 is 1.73. The summed E-state index contributed by atoms with van der Waals surface area (Å²) in [6, 6.07) is 9.95. The second-order valence-electron chi connectivity index (χ2n) is 11.9. The van der Waals surface area contributed by atoms with Gasteiger partial charge in [0, 0.05) is 30.6 Å². The van der Waals surface area contributed by atoms with Crippen LogP contribution in [0.5, 0.6) is 0 Å². The molecule has 1 amide bonds. The molecule has 1 aromatic rings. The summed E-state index contributed by atoms with van der Waals surface area (Å²) in [6.45, 7) is 21.6. The molecular formula is C33H55F2N3OS. The van der Waals surface area contributed by atoms with Crippen LogP contribution in [-0.2, 0) is 15.7 Å². The van der Waals surface area contributed by atoms with Crippen LogP contribution in [0.3, 0.4) is 0 Å². The molecule has 1 saturated carbocycles. The van der Waals surface area contributed by atoms with E-state index in [1.807, 2.05) is 6.92 Å². The van der Waals surface area contributed by atoms with Gasteiger partial charge in [0.25, 0.3) is 0 Å². The van der Waals surface area contributed by atoms with E-state index < -0.39 is 11.7 Å². The average molecular weight is 580 g/mol. The Hall–Kier alpha value is -1.96. The highest BCUT2D eigenvalue weighted by Gasteiger charge is 2.37. The summed E-state index contributed by atoms with van der Waals surface area (Å²) in [7, 11) is 0. The highest BCUT2D eigenvalue weighted by atomic mass is 32.2. The van der Waals surface area contributed by atoms with Crippen molar-refractivity contribution in [2.24, 2.45) is 0 Å². The first kappa shape index (κ1) is 38.0. The lowest BCUT2D eigenvalue weighted by molar-refractivity contribution is -0.119. The Labute approximate surface area is 248 Å². The summed E-state index contributed by atoms with van der Waals surface area (Å²) in [4.78, 5) is 11.3. The van der Waals surface area contributed by atoms with Gasteiger partial charge in [-0.2, -0.15) is 0 Å². The van der Waals surface area contributed by atoms with Gasteiger partial charge in [0.1, 0.15) is 5.83 Å². The van der Waals surface area contributed by atoms with Crippen LogP contribution in [0.2, 0.25) is 0 Å². The van der Waals surface area contributed by atoms with E-state index in [4.69, 9.17) is 0 Å². The van der Waals surface area contributed by atoms with Crippen molar-refractivity contribution < 1.29 is 13.6 Å². The number of amides is 1. The van der Waals surface area contributed by atoms with Crippen molar-refractivity contribution >= 4 is 17.9 Å². The van der Waals surface area contributed by atoms with E-state index in [2.05, 4.69) is 100 Å². The summed E-state index contributed by atoms with van der Waals surface area (Å²) in [5.41, 5.74) is 4.35. The molecule has 1 aliphatic carbocycles. The van der Waals surface area contributed by atoms with Gasteiger partial charge in [-0.1, -0.05) is 75.2 Å². The fraction of sp³-hybridized carbons (Fsp3) is 0.606. The molecule has 7 heteroatoms. The van der Waals surface area contributed by atoms with E-state index in [1.54, 1.807) is 18.9 Å². The first-order chi connectivity index (χ1) is 18.6. The van der Waals surface area contributed by atoms with Gasteiger partial charge in [-0.25, -0.2) is 8.78 Å². The summed E-state index contributed by atoms with van der Waals surface area (Å²) in [5, 5.41) is 6.90. The molecule has 0 aromatic heterocycles. The number of carbonyl (C=O) groups is 1. The monoisotopic (exact) mass is 579 g/mol. The quantitative estimate of drug-likeness (QED) is 0.155. The summed E-state index contributed by atoms with van der Waals surface area (Å²) < 4.78 is 26.5. The third kappa shape index (κ3) is 16.3. The van der Waals surface area contributed by atoms with E-state index in [1.165, 1.54) is 29.5 Å². The first-order valence-corrected chi connectivity index (χ1v) is 15.5. The first-order valence-electron chi connectivity index (χ1n) is 14.3. The van der Waals surface area contributed by atoms with E-state index in [9.17, 15) is 13.6 Å². The Morgan fingerprint density at radius 3 is 2.15 bits per heavy atom. The molecule has 0 bridgehead atoms. The number of allylic oxidation sites excluding steroid dienone is 5. The van der Waals surface area contributed by atoms with Crippen LogP contribution < -0.4 is 15.4 Å². The fourth-order valence-electron chi connectivity index (χ4n) is 4.41. The van der Waals surface area contributed by atoms with Crippen molar-refractivity contribution in [3.63, 3.8) is 0 Å². The maximum atomic E-state index is 11.5. The van der Waals surface area contributed by atoms with E-state index in [0.29, 0.717) is 6.04 Å². The van der Waals surface area contributed by atoms with Crippen LogP contribution in [0, 0.1) is 0 Å². The molecule has 0 saturated heterocycles. The highest BCUT2D eigenvalue weighted by Crippen LogP contribution is 2.39. The zero-order chi connectivity index (χ0) is 30.9. The molecule has 228 valence electrons. The summed E-state index contributed by atoms with van der Waals surface area (Å²) in [6.07, 6.45) is 10.5. The Kier molecular flexibility index (Phi) is 18.3. The summed E-state index contributed by atoms with van der Waals surface area (Å²) in [5.74, 6) is -1.27. The topological polar surface area (TPSA) is 53.2 Å². The fourth-order valence-corrected chi connectivity index (χ4v) is 4.98. The number of rotatable bonds is 9. The lowest BCUT2D eigenvalue weighted by Crippen LogP contribution is -2.49. The number of nitrogens with one attached hydrogen (secondary N) is 3. The maximum absolute atomic E-state index is 11.5. The Balaban J connectivity index is 0.00000106. The second kappa shape index (κ2) is 19.2. The molecule has 1 unspecified atom stereocenters. The van der Waals surface area contributed by atoms with Crippen molar-refractivity contribution in [2.75, 3.05) is 12.8 Å². The van der Waals surface area contributed by atoms with Crippen molar-refractivity contribution in [2.45, 2.75) is 117 Å². The molecule has 40 heavy (non-hydrogen) atoms. The highest BCUT2D eigenvalue weighted by molar-refractivity contribution is 7.96. The van der Waals surface area contributed by atoms with Crippen LogP contribution in [0.1, 0.15) is 106 Å². The molecule has 1 aromatic carbocycles. The minimum absolute atomic E-state index is 0.0216. The van der Waals surface area contributed by atoms with Gasteiger partial charge >= 0.3 is 0 Å². The number of benzene rings is 1. The molecule has 1 fully saturated rings. The molecule has 0 spiro atoms. The van der Waals surface area contributed by atoms with Gasteiger partial charge in [-0.3, -0.25) is 9.52 Å². The number of hydrogen-bond donors (Lipinski definition) is 3. The number of carbonyl (C=O) groups excluding carboxylic acids is 1. The van der Waals surface area contributed by atoms with Crippen molar-refractivity contribution in [3.05, 3.63) is 71.4 Å². The molecule has 0 aliphatic heterocycles. The smallest absolute Gasteiger partial charge is 0.217 e. The average Bonchev–Trinajstić information content (AvgIpc) is 2.84. The molecule has 1 aliphatic rings. The van der Waals surface area contributed by atoms with Gasteiger partial charge in [0.15, 0.2) is 0 Å². The third-order valence-electron chi connectivity index (χ3n) is 6.83. The Bertz CT molecular complexity index is 953. The van der Waals surface area contributed by atoms with Gasteiger partial charge < -0.3 is 10.6 Å². The standard InChI is InChI=1S/C23H39N3OS.C5H6F2.C5H10/c1-17(25-18(2)27)12-15-24-23(13-10-21(11-14-23)26-28-6)20-9-7-8-19(16-20)22(3,4)5;1-4(6)3-5(2)7;1-4-5(2)3/h7-9,16-17,21,24,26H,10-15H2,1-6H3,(H,25,27);3H,1H2,2H3;4H,1-3H3/b;5-3+;. The zero-order valence-electron chi connectivity index (χ0n) is 26.6. The predicted octanol–water partition coefficient (Wildman–Crippen LogP) is 8.81. The molecular weight excluding hydrogens is 524 g/mol. The van der Waals surface area contributed by atoms with Crippen molar-refractivity contribution in [1.82, 2.24) is 15.4 Å². The molecule has 3 N–H and O–H groups in total. The Morgan fingerprint density at radius 1 is 1.18 bits per heavy atom. The third-order valence-corrected chi connectivity index (χ3v) is 7.40. The lowest BCUT2D eigenvalue weighted by atomic mass is 9.73. The van der Waals surface area contributed by atoms with Crippen LogP contribution in [0.25, 0.3) is 0 Å². The van der Waals surface area contributed by atoms with Crippen LogP contribution in [0.4, 0.5) is 8.78 Å². The minimum Gasteiger partial charge on any atom is -0.354 e. The van der Waals surface area contributed by atoms with E-state index >= 15 is 0 Å². The van der Waals surface area contributed by atoms with Crippen molar-refractivity contribution in [3.8, 4) is 0 Å². The Morgan fingerprint density at radius 2 is 1.75 bits per heavy atom. The lowest BCUT2D eigenvalue weighted by Gasteiger charge is -2.42. The van der Waals surface area contributed by atoms with Gasteiger partial charge in [-0.05, 0) is 96.1 Å². The van der Waals surface area contributed by atoms with Gasteiger partial charge in [0.2, 0.25) is 5.91 Å². The molecule has 0 radical (unpaired) electrons. The number of halogens is 2. The second-order valence-corrected chi connectivity index (χ2v) is 12.5. The van der Waals surface area contributed by atoms with Crippen LogP contribution >= 0.6 is 11.9 Å². The SMILES string of the molecule is C=C(F)/C=C(\C)F.CC=C(C)C.CSNC1CCC(NCCC(C)NC(C)=O)(c2cccc(C(C)(C)C)c2)CC1. The molecule has 2 rings (SSSR count). The minimum atomic E-state index is -0.750. The zero-order valence-corrected chi connectivity index (χ0v) is 27.5. The molecule has 4 nitrogen and oxygen atoms in total. The number of hydrogen-bond acceptors (Lipinski definition) is 4. The normalized spacial score (nSPS) is 19.7. The van der Waals surface area contributed by atoms with E-state index in [-0.39, 0.29) is 22.9 Å². The largest absolute Gasteiger partial charge is 0.354 e. The van der Waals surface area contributed by atoms with Gasteiger partial charge in [-0.15, -0.1) is 0 Å². The van der Waals surface area contributed by atoms with Crippen molar-refractivity contribution in [1.29, 1.82) is 0 Å². The predicted molar refractivity (Wildman–Crippen MR) is 172 cm³/mol. The molecule has 1 atom stereocenters. The van der Waals surface area contributed by atoms with Crippen LogP contribution in [0.15, 0.2) is 60.2 Å². The maximum Gasteiger partial charge on any atom is 0.217 e. The van der Waals surface area contributed by atoms with Gasteiger partial charge in [0.05, 0.1) is 5.83 Å². The van der Waals surface area contributed by atoms with E-state index in [0.717, 1.165) is 38.8 Å². The molecule has 0 heterocycles. The van der Waals surface area contributed by atoms with Crippen LogP contribution in [-0.4, -0.2) is 30.8 Å².